The Morgan fingerprint density at radius 3 is 2.30 bits per heavy atom. The second-order valence-corrected chi connectivity index (χ2v) is 6.74. The van der Waals surface area contributed by atoms with E-state index in [-0.39, 0.29) is 11.3 Å². The second kappa shape index (κ2) is 5.28. The van der Waals surface area contributed by atoms with E-state index in [0.29, 0.717) is 10.8 Å². The molecule has 0 saturated carbocycles. The van der Waals surface area contributed by atoms with Crippen LogP contribution in [0.3, 0.4) is 0 Å². The van der Waals surface area contributed by atoms with Gasteiger partial charge in [0.15, 0.2) is 0 Å². The maximum atomic E-state index is 12.2. The molecule has 0 aliphatic carbocycles. The molecule has 20 heavy (non-hydrogen) atoms. The molecule has 2 heterocycles. The average Bonchev–Trinajstić information content (AvgIpc) is 2.75. The van der Waals surface area contributed by atoms with Crippen molar-refractivity contribution in [1.29, 1.82) is 0 Å². The first kappa shape index (κ1) is 14.6. The van der Waals surface area contributed by atoms with Gasteiger partial charge < -0.3 is 0 Å². The lowest BCUT2D eigenvalue weighted by Crippen LogP contribution is -2.13. The molecule has 106 valence electrons. The summed E-state index contributed by atoms with van der Waals surface area (Å²) in [4.78, 5) is 25.4. The quantitative estimate of drug-likeness (QED) is 0.922. The molecule has 1 N–H and O–H groups in total. The molecule has 0 unspecified atom stereocenters. The van der Waals surface area contributed by atoms with Gasteiger partial charge in [0.1, 0.15) is 4.88 Å². The monoisotopic (exact) mass is 290 g/mol. The first-order chi connectivity index (χ1) is 9.25. The minimum atomic E-state index is -0.219. The molecule has 2 rings (SSSR count). The molecule has 0 aromatic carbocycles. The van der Waals surface area contributed by atoms with E-state index < -0.39 is 0 Å². The highest BCUT2D eigenvalue weighted by Crippen LogP contribution is 2.27. The molecule has 0 spiro atoms. The number of nitrogens with zero attached hydrogens (tertiary/aromatic N) is 3. The third-order valence-electron chi connectivity index (χ3n) is 2.58. The molecule has 0 aliphatic rings. The molecule has 0 saturated heterocycles. The van der Waals surface area contributed by atoms with E-state index in [1.54, 1.807) is 6.20 Å². The molecular formula is C14H18N4OS. The molecule has 2 aromatic heterocycles. The molecule has 6 heteroatoms. The number of rotatable bonds is 2. The normalized spacial score (nSPS) is 11.4. The Bertz CT molecular complexity index is 623. The van der Waals surface area contributed by atoms with Crippen LogP contribution in [0.2, 0.25) is 0 Å². The van der Waals surface area contributed by atoms with Crippen LogP contribution in [-0.4, -0.2) is 20.9 Å². The molecule has 0 bridgehead atoms. The van der Waals surface area contributed by atoms with Crippen molar-refractivity contribution < 1.29 is 4.79 Å². The first-order valence-electron chi connectivity index (χ1n) is 6.35. The van der Waals surface area contributed by atoms with Crippen LogP contribution in [0.1, 0.15) is 46.8 Å². The standard InChI is InChI=1S/C14H18N4OS/c1-8-6-9(2)17-13(16-8)18-11(19)10-7-15-12(20-10)14(3,4)5/h6-7H,1-5H3,(H,16,17,18,19). The Hall–Kier alpha value is -1.82. The third kappa shape index (κ3) is 3.39. The van der Waals surface area contributed by atoms with E-state index in [2.05, 4.69) is 41.0 Å². The Morgan fingerprint density at radius 2 is 1.80 bits per heavy atom. The van der Waals surface area contributed by atoms with E-state index >= 15 is 0 Å². The van der Waals surface area contributed by atoms with E-state index in [1.165, 1.54) is 11.3 Å². The van der Waals surface area contributed by atoms with Crippen molar-refractivity contribution in [2.45, 2.75) is 40.0 Å². The maximum absolute atomic E-state index is 12.2. The lowest BCUT2D eigenvalue weighted by Gasteiger charge is -2.13. The van der Waals surface area contributed by atoms with E-state index in [9.17, 15) is 4.79 Å². The molecule has 5 nitrogen and oxygen atoms in total. The molecule has 0 atom stereocenters. The van der Waals surface area contributed by atoms with Gasteiger partial charge >= 0.3 is 0 Å². The average molecular weight is 290 g/mol. The predicted molar refractivity (Wildman–Crippen MR) is 80.3 cm³/mol. The van der Waals surface area contributed by atoms with Gasteiger partial charge in [0.05, 0.1) is 11.2 Å². The number of thiazole rings is 1. The van der Waals surface area contributed by atoms with Gasteiger partial charge in [-0.1, -0.05) is 20.8 Å². The molecule has 1 amide bonds. The summed E-state index contributed by atoms with van der Waals surface area (Å²) in [5.74, 6) is 0.112. The van der Waals surface area contributed by atoms with Crippen LogP contribution in [-0.2, 0) is 5.41 Å². The summed E-state index contributed by atoms with van der Waals surface area (Å²) in [5, 5.41) is 3.65. The number of carbonyl (C=O) groups is 1. The van der Waals surface area contributed by atoms with E-state index in [1.807, 2.05) is 19.9 Å². The van der Waals surface area contributed by atoms with Gasteiger partial charge in [-0.15, -0.1) is 11.3 Å². The van der Waals surface area contributed by atoms with E-state index in [4.69, 9.17) is 0 Å². The number of nitrogens with one attached hydrogen (secondary N) is 1. The fraction of sp³-hybridized carbons (Fsp3) is 0.429. The van der Waals surface area contributed by atoms with Gasteiger partial charge in [0, 0.05) is 16.8 Å². The van der Waals surface area contributed by atoms with Crippen LogP contribution in [0.5, 0.6) is 0 Å². The van der Waals surface area contributed by atoms with Crippen LogP contribution >= 0.6 is 11.3 Å². The Balaban J connectivity index is 2.18. The zero-order chi connectivity index (χ0) is 14.9. The van der Waals surface area contributed by atoms with Crippen LogP contribution in [0, 0.1) is 13.8 Å². The summed E-state index contributed by atoms with van der Waals surface area (Å²) < 4.78 is 0. The number of hydrogen-bond acceptors (Lipinski definition) is 5. The number of aromatic nitrogens is 3. The first-order valence-corrected chi connectivity index (χ1v) is 7.17. The highest BCUT2D eigenvalue weighted by atomic mass is 32.1. The molecule has 0 radical (unpaired) electrons. The summed E-state index contributed by atoms with van der Waals surface area (Å²) in [6.07, 6.45) is 1.60. The summed E-state index contributed by atoms with van der Waals surface area (Å²) in [6.45, 7) is 9.95. The van der Waals surface area contributed by atoms with Crippen LogP contribution in [0.4, 0.5) is 5.95 Å². The maximum Gasteiger partial charge on any atom is 0.269 e. The van der Waals surface area contributed by atoms with Crippen LogP contribution in [0.25, 0.3) is 0 Å². The number of amides is 1. The number of aryl methyl sites for hydroxylation is 2. The largest absolute Gasteiger partial charge is 0.290 e. The van der Waals surface area contributed by atoms with Gasteiger partial charge in [-0.25, -0.2) is 15.0 Å². The zero-order valence-electron chi connectivity index (χ0n) is 12.3. The third-order valence-corrected chi connectivity index (χ3v) is 4.00. The Morgan fingerprint density at radius 1 is 1.20 bits per heavy atom. The smallest absolute Gasteiger partial charge is 0.269 e. The highest BCUT2D eigenvalue weighted by Gasteiger charge is 2.20. The van der Waals surface area contributed by atoms with Crippen LogP contribution in [0.15, 0.2) is 12.3 Å². The SMILES string of the molecule is Cc1cc(C)nc(NC(=O)c2cnc(C(C)(C)C)s2)n1. The van der Waals surface area contributed by atoms with E-state index in [0.717, 1.165) is 16.4 Å². The van der Waals surface area contributed by atoms with Crippen molar-refractivity contribution >= 4 is 23.2 Å². The zero-order valence-corrected chi connectivity index (χ0v) is 13.1. The summed E-state index contributed by atoms with van der Waals surface area (Å²) in [5.41, 5.74) is 1.60. The minimum Gasteiger partial charge on any atom is -0.290 e. The number of carbonyl (C=O) groups excluding carboxylic acids is 1. The van der Waals surface area contributed by atoms with Gasteiger partial charge in [0.25, 0.3) is 5.91 Å². The van der Waals surface area contributed by atoms with Crippen molar-refractivity contribution in [2.75, 3.05) is 5.32 Å². The Labute approximate surface area is 122 Å². The van der Waals surface area contributed by atoms with Gasteiger partial charge in [-0.2, -0.15) is 0 Å². The second-order valence-electron chi connectivity index (χ2n) is 5.71. The van der Waals surface area contributed by atoms with Crippen molar-refractivity contribution in [3.63, 3.8) is 0 Å². The lowest BCUT2D eigenvalue weighted by atomic mass is 9.98. The predicted octanol–water partition coefficient (Wildman–Crippen LogP) is 3.10. The minimum absolute atomic E-state index is 0.0559. The fourth-order valence-corrected chi connectivity index (χ4v) is 2.54. The highest BCUT2D eigenvalue weighted by molar-refractivity contribution is 7.13. The molecular weight excluding hydrogens is 272 g/mol. The molecule has 0 fully saturated rings. The van der Waals surface area contributed by atoms with Crippen molar-refractivity contribution in [3.8, 4) is 0 Å². The summed E-state index contributed by atoms with van der Waals surface area (Å²) in [6, 6.07) is 1.86. The summed E-state index contributed by atoms with van der Waals surface area (Å²) in [7, 11) is 0. The summed E-state index contributed by atoms with van der Waals surface area (Å²) >= 11 is 1.40. The van der Waals surface area contributed by atoms with Crippen molar-refractivity contribution in [1.82, 2.24) is 15.0 Å². The van der Waals surface area contributed by atoms with Gasteiger partial charge in [-0.05, 0) is 19.9 Å². The Kier molecular flexibility index (Phi) is 3.85. The number of anilines is 1. The topological polar surface area (TPSA) is 67.8 Å². The molecule has 2 aromatic rings. The van der Waals surface area contributed by atoms with Gasteiger partial charge in [0.2, 0.25) is 5.95 Å². The van der Waals surface area contributed by atoms with Crippen molar-refractivity contribution in [3.05, 3.63) is 33.5 Å². The fourth-order valence-electron chi connectivity index (χ4n) is 1.67. The number of hydrogen-bond donors (Lipinski definition) is 1. The van der Waals surface area contributed by atoms with Crippen molar-refractivity contribution in [2.24, 2.45) is 0 Å². The van der Waals surface area contributed by atoms with Gasteiger partial charge in [-0.3, -0.25) is 10.1 Å². The van der Waals surface area contributed by atoms with Crippen LogP contribution < -0.4 is 5.32 Å². The molecule has 0 aliphatic heterocycles. The lowest BCUT2D eigenvalue weighted by molar-refractivity contribution is 0.102.